The van der Waals surface area contributed by atoms with E-state index in [4.69, 9.17) is 4.42 Å². The van der Waals surface area contributed by atoms with Crippen LogP contribution in [0.5, 0.6) is 0 Å². The lowest BCUT2D eigenvalue weighted by Gasteiger charge is -2.25. The van der Waals surface area contributed by atoms with Gasteiger partial charge in [-0.25, -0.2) is 4.79 Å². The van der Waals surface area contributed by atoms with Crippen molar-refractivity contribution >= 4 is 17.8 Å². The monoisotopic (exact) mass is 296 g/mol. The average Bonchev–Trinajstić information content (AvgIpc) is 3.09. The highest BCUT2D eigenvalue weighted by Gasteiger charge is 2.28. The van der Waals surface area contributed by atoms with Crippen LogP contribution >= 0.6 is 11.8 Å². The summed E-state index contributed by atoms with van der Waals surface area (Å²) in [6.07, 6.45) is 5.03. The number of amides is 2. The van der Waals surface area contributed by atoms with E-state index in [1.165, 1.54) is 6.42 Å². The van der Waals surface area contributed by atoms with Crippen LogP contribution in [0.3, 0.4) is 0 Å². The molecule has 20 heavy (non-hydrogen) atoms. The molecular weight excluding hydrogens is 272 g/mol. The van der Waals surface area contributed by atoms with E-state index in [-0.39, 0.29) is 12.1 Å². The van der Waals surface area contributed by atoms with Gasteiger partial charge in [-0.15, -0.1) is 0 Å². The van der Waals surface area contributed by atoms with Gasteiger partial charge in [0.2, 0.25) is 0 Å². The smallest absolute Gasteiger partial charge is 0.317 e. The first-order valence-corrected chi connectivity index (χ1v) is 8.35. The Bertz CT molecular complexity index is 422. The first kappa shape index (κ1) is 15.3. The largest absolute Gasteiger partial charge is 0.467 e. The molecule has 1 N–H and O–H groups in total. The van der Waals surface area contributed by atoms with Crippen LogP contribution in [0.4, 0.5) is 4.79 Å². The molecule has 0 spiro atoms. The van der Waals surface area contributed by atoms with Crippen molar-refractivity contribution in [3.63, 3.8) is 0 Å². The normalized spacial score (nSPS) is 23.6. The predicted octanol–water partition coefficient (Wildman–Crippen LogP) is 3.66. The number of carbonyl (C=O) groups excluding carboxylic acids is 1. The van der Waals surface area contributed by atoms with E-state index in [0.29, 0.717) is 11.3 Å². The van der Waals surface area contributed by atoms with Crippen molar-refractivity contribution in [3.8, 4) is 0 Å². The van der Waals surface area contributed by atoms with Crippen LogP contribution < -0.4 is 5.32 Å². The van der Waals surface area contributed by atoms with Crippen molar-refractivity contribution < 1.29 is 9.21 Å². The van der Waals surface area contributed by atoms with Gasteiger partial charge in [-0.05, 0) is 44.1 Å². The van der Waals surface area contributed by atoms with Crippen molar-refractivity contribution in [2.24, 2.45) is 0 Å². The van der Waals surface area contributed by atoms with Crippen LogP contribution in [0.25, 0.3) is 0 Å². The lowest BCUT2D eigenvalue weighted by molar-refractivity contribution is 0.183. The minimum absolute atomic E-state index is 0.0129. The van der Waals surface area contributed by atoms with Crippen LogP contribution in [0.1, 0.15) is 44.9 Å². The van der Waals surface area contributed by atoms with Crippen LogP contribution in [0, 0.1) is 0 Å². The van der Waals surface area contributed by atoms with E-state index in [0.717, 1.165) is 24.4 Å². The maximum absolute atomic E-state index is 12.3. The van der Waals surface area contributed by atoms with Gasteiger partial charge in [0.05, 0.1) is 12.3 Å². The van der Waals surface area contributed by atoms with E-state index in [1.807, 2.05) is 37.9 Å². The van der Waals surface area contributed by atoms with Gasteiger partial charge in [-0.2, -0.15) is 11.8 Å². The van der Waals surface area contributed by atoms with E-state index in [1.54, 1.807) is 11.2 Å². The Morgan fingerprint density at radius 3 is 3.05 bits per heavy atom. The molecule has 2 amide bonds. The molecule has 1 aliphatic rings. The van der Waals surface area contributed by atoms with E-state index in [9.17, 15) is 4.79 Å². The molecule has 1 saturated carbocycles. The van der Waals surface area contributed by atoms with Crippen LogP contribution in [-0.4, -0.2) is 35.0 Å². The molecule has 1 aromatic heterocycles. The summed E-state index contributed by atoms with van der Waals surface area (Å²) in [5, 5.41) is 3.85. The Balaban J connectivity index is 1.83. The standard InChI is InChI=1S/C15H24N2O2S/c1-4-20-13-8-7-12(10-13)16-15(18)17(3)11(2)14-6-5-9-19-14/h5-6,9,11-13H,4,7-8,10H2,1-3H3,(H,16,18)/t11-,12-,13-/m1/s1. The van der Waals surface area contributed by atoms with Crippen molar-refractivity contribution in [2.45, 2.75) is 50.4 Å². The van der Waals surface area contributed by atoms with Gasteiger partial charge in [0, 0.05) is 18.3 Å². The second-order valence-electron chi connectivity index (χ2n) is 5.34. The third kappa shape index (κ3) is 3.72. The van der Waals surface area contributed by atoms with Crippen LogP contribution in [0.2, 0.25) is 0 Å². The molecule has 1 fully saturated rings. The molecule has 0 aliphatic heterocycles. The Hall–Kier alpha value is -1.10. The molecule has 1 aromatic rings. The summed E-state index contributed by atoms with van der Waals surface area (Å²) >= 11 is 2.00. The second kappa shape index (κ2) is 7.07. The topological polar surface area (TPSA) is 45.5 Å². The second-order valence-corrected chi connectivity index (χ2v) is 6.92. The lowest BCUT2D eigenvalue weighted by atomic mass is 10.2. The molecule has 112 valence electrons. The fourth-order valence-corrected chi connectivity index (χ4v) is 3.77. The van der Waals surface area contributed by atoms with Gasteiger partial charge in [-0.3, -0.25) is 0 Å². The Morgan fingerprint density at radius 2 is 2.40 bits per heavy atom. The minimum atomic E-state index is -0.0489. The SMILES string of the molecule is CCS[C@@H]1CC[C@@H](NC(=O)N(C)[C@H](C)c2ccco2)C1. The number of nitrogens with one attached hydrogen (secondary N) is 1. The van der Waals surface area contributed by atoms with Gasteiger partial charge in [0.15, 0.2) is 0 Å². The van der Waals surface area contributed by atoms with Gasteiger partial charge >= 0.3 is 6.03 Å². The molecule has 1 aliphatic carbocycles. The summed E-state index contributed by atoms with van der Waals surface area (Å²) < 4.78 is 5.36. The molecule has 2 rings (SSSR count). The fraction of sp³-hybridized carbons (Fsp3) is 0.667. The van der Waals surface area contributed by atoms with E-state index in [2.05, 4.69) is 12.2 Å². The molecule has 0 aromatic carbocycles. The molecule has 5 heteroatoms. The maximum atomic E-state index is 12.3. The number of hydrogen-bond donors (Lipinski definition) is 1. The van der Waals surface area contributed by atoms with Gasteiger partial charge in [0.1, 0.15) is 5.76 Å². The van der Waals surface area contributed by atoms with Crippen molar-refractivity contribution in [2.75, 3.05) is 12.8 Å². The highest BCUT2D eigenvalue weighted by Crippen LogP contribution is 2.30. The maximum Gasteiger partial charge on any atom is 0.317 e. The quantitative estimate of drug-likeness (QED) is 0.902. The molecule has 0 saturated heterocycles. The molecule has 0 unspecified atom stereocenters. The average molecular weight is 296 g/mol. The van der Waals surface area contributed by atoms with Crippen LogP contribution in [-0.2, 0) is 0 Å². The first-order valence-electron chi connectivity index (χ1n) is 7.30. The van der Waals surface area contributed by atoms with E-state index < -0.39 is 0 Å². The molecule has 4 nitrogen and oxygen atoms in total. The number of furan rings is 1. The summed E-state index contributed by atoms with van der Waals surface area (Å²) in [5.41, 5.74) is 0. The highest BCUT2D eigenvalue weighted by molar-refractivity contribution is 7.99. The van der Waals surface area contributed by atoms with Gasteiger partial charge < -0.3 is 14.6 Å². The summed E-state index contributed by atoms with van der Waals surface area (Å²) in [6.45, 7) is 4.16. The molecule has 1 heterocycles. The van der Waals surface area contributed by atoms with Crippen molar-refractivity contribution in [3.05, 3.63) is 24.2 Å². The lowest BCUT2D eigenvalue weighted by Crippen LogP contribution is -2.43. The molecule has 0 radical (unpaired) electrons. The first-order chi connectivity index (χ1) is 9.61. The summed E-state index contributed by atoms with van der Waals surface area (Å²) in [6, 6.07) is 4.00. The number of thioether (sulfide) groups is 1. The molecule has 3 atom stereocenters. The zero-order chi connectivity index (χ0) is 14.5. The minimum Gasteiger partial charge on any atom is -0.467 e. The fourth-order valence-electron chi connectivity index (χ4n) is 2.63. The summed E-state index contributed by atoms with van der Waals surface area (Å²) in [7, 11) is 1.82. The Kier molecular flexibility index (Phi) is 5.40. The molecular formula is C15H24N2O2S. The Labute approximate surface area is 125 Å². The number of urea groups is 1. The number of rotatable bonds is 5. The van der Waals surface area contributed by atoms with Crippen molar-refractivity contribution in [1.29, 1.82) is 0 Å². The molecule has 0 bridgehead atoms. The third-order valence-electron chi connectivity index (χ3n) is 3.97. The third-order valence-corrected chi connectivity index (χ3v) is 5.20. The Morgan fingerprint density at radius 1 is 1.60 bits per heavy atom. The summed E-state index contributed by atoms with van der Waals surface area (Å²) in [5.74, 6) is 1.97. The zero-order valence-electron chi connectivity index (χ0n) is 12.5. The highest BCUT2D eigenvalue weighted by atomic mass is 32.2. The summed E-state index contributed by atoms with van der Waals surface area (Å²) in [4.78, 5) is 14.0. The van der Waals surface area contributed by atoms with Gasteiger partial charge in [0.25, 0.3) is 0 Å². The predicted molar refractivity (Wildman–Crippen MR) is 83.0 cm³/mol. The van der Waals surface area contributed by atoms with Gasteiger partial charge in [-0.1, -0.05) is 6.92 Å². The van der Waals surface area contributed by atoms with Crippen LogP contribution in [0.15, 0.2) is 22.8 Å². The zero-order valence-corrected chi connectivity index (χ0v) is 13.3. The van der Waals surface area contributed by atoms with E-state index >= 15 is 0 Å². The number of nitrogens with zero attached hydrogens (tertiary/aromatic N) is 1. The number of hydrogen-bond acceptors (Lipinski definition) is 3. The van der Waals surface area contributed by atoms with Crippen molar-refractivity contribution in [1.82, 2.24) is 10.2 Å². The number of carbonyl (C=O) groups is 1.